The van der Waals surface area contributed by atoms with Crippen LogP contribution in [0.15, 0.2) is 116 Å². The number of nitrogens with one attached hydrogen (secondary N) is 1. The summed E-state index contributed by atoms with van der Waals surface area (Å²) in [6.07, 6.45) is 5.45. The minimum absolute atomic E-state index is 0.260. The van der Waals surface area contributed by atoms with Crippen molar-refractivity contribution < 1.29 is 19.1 Å². The van der Waals surface area contributed by atoms with Crippen molar-refractivity contribution in [3.63, 3.8) is 0 Å². The van der Waals surface area contributed by atoms with Gasteiger partial charge in [0.15, 0.2) is 11.6 Å². The van der Waals surface area contributed by atoms with Gasteiger partial charge in [-0.15, -0.1) is 0 Å². The summed E-state index contributed by atoms with van der Waals surface area (Å²) in [5, 5.41) is 3.57. The first-order chi connectivity index (χ1) is 20.9. The summed E-state index contributed by atoms with van der Waals surface area (Å²) in [6.45, 7) is 4.01. The Morgan fingerprint density at radius 1 is 0.907 bits per heavy atom. The van der Waals surface area contributed by atoms with Crippen molar-refractivity contribution in [2.24, 2.45) is 5.92 Å². The van der Waals surface area contributed by atoms with Crippen LogP contribution in [0.4, 0.5) is 5.69 Å². The molecule has 0 aliphatic carbocycles. The molecule has 0 radical (unpaired) electrons. The smallest absolute Gasteiger partial charge is 0.238 e. The molecule has 1 fully saturated rings. The lowest BCUT2D eigenvalue weighted by atomic mass is 9.62. The van der Waals surface area contributed by atoms with Crippen LogP contribution < -0.4 is 10.1 Å². The number of fused-ring (bicyclic) bond motifs is 6. The number of anilines is 1. The lowest BCUT2D eigenvalue weighted by Gasteiger charge is -2.38. The molecule has 1 amide bonds. The highest BCUT2D eigenvalue weighted by molar-refractivity contribution is 6.30. The summed E-state index contributed by atoms with van der Waals surface area (Å²) < 4.78 is 5.64. The molecule has 1 N–H and O–H groups in total. The maximum atomic E-state index is 14.9. The number of rotatable bonds is 7. The molecular formula is C36H27ClN2O4. The first-order valence-electron chi connectivity index (χ1n) is 14.1. The Kier molecular flexibility index (Phi) is 6.51. The first-order valence-corrected chi connectivity index (χ1v) is 14.5. The molecule has 212 valence electrons. The van der Waals surface area contributed by atoms with Crippen molar-refractivity contribution >= 4 is 40.8 Å². The minimum Gasteiger partial charge on any atom is -0.490 e. The number of carbonyl (C=O) groups excluding carboxylic acids is 3. The van der Waals surface area contributed by atoms with Crippen LogP contribution in [0.5, 0.6) is 5.75 Å². The van der Waals surface area contributed by atoms with Gasteiger partial charge in [0.05, 0.1) is 12.0 Å². The van der Waals surface area contributed by atoms with E-state index in [0.29, 0.717) is 39.8 Å². The second-order valence-corrected chi connectivity index (χ2v) is 11.4. The van der Waals surface area contributed by atoms with E-state index in [1.807, 2.05) is 65.7 Å². The number of Topliss-reactive ketones (excluding diaryl/α,β-unsaturated/α-hetero) is 2. The Morgan fingerprint density at radius 3 is 2.35 bits per heavy atom. The Morgan fingerprint density at radius 2 is 1.58 bits per heavy atom. The van der Waals surface area contributed by atoms with Crippen molar-refractivity contribution in [2.75, 3.05) is 11.9 Å². The van der Waals surface area contributed by atoms with Gasteiger partial charge in [-0.3, -0.25) is 14.4 Å². The van der Waals surface area contributed by atoms with E-state index in [4.69, 9.17) is 16.3 Å². The van der Waals surface area contributed by atoms with E-state index in [-0.39, 0.29) is 17.5 Å². The molecule has 1 spiro atoms. The van der Waals surface area contributed by atoms with Crippen LogP contribution in [0.1, 0.15) is 43.4 Å². The number of ketones is 2. The lowest BCUT2D eigenvalue weighted by Crippen LogP contribution is -2.49. The zero-order valence-electron chi connectivity index (χ0n) is 23.1. The highest BCUT2D eigenvalue weighted by Gasteiger charge is 2.70. The Balaban J connectivity index is 1.47. The Labute approximate surface area is 254 Å². The fourth-order valence-electron chi connectivity index (χ4n) is 7.00. The van der Waals surface area contributed by atoms with Gasteiger partial charge >= 0.3 is 0 Å². The largest absolute Gasteiger partial charge is 0.490 e. The molecule has 4 aromatic rings. The second-order valence-electron chi connectivity index (χ2n) is 10.9. The van der Waals surface area contributed by atoms with E-state index in [1.165, 1.54) is 0 Å². The van der Waals surface area contributed by atoms with Gasteiger partial charge < -0.3 is 15.0 Å². The highest BCUT2D eigenvalue weighted by atomic mass is 35.5. The molecule has 4 aromatic carbocycles. The third kappa shape index (κ3) is 4.05. The van der Waals surface area contributed by atoms with Crippen LogP contribution in [-0.2, 0) is 10.2 Å². The van der Waals surface area contributed by atoms with E-state index >= 15 is 0 Å². The Bertz CT molecular complexity index is 1810. The SMILES string of the molecule is C=CCOc1ccc(C(=O)[C@@H]2[C@H](C(=O)c3ccc(Cl)cc3)N3C=Cc4ccccc4[C@H]3[C@]23C(=O)Nc2ccccc23)cc1. The van der Waals surface area contributed by atoms with Crippen molar-refractivity contribution in [3.8, 4) is 5.75 Å². The molecule has 3 heterocycles. The number of ether oxygens (including phenoxy) is 1. The number of hydrogen-bond donors (Lipinski definition) is 1. The van der Waals surface area contributed by atoms with Gasteiger partial charge in [-0.25, -0.2) is 0 Å². The van der Waals surface area contributed by atoms with Crippen LogP contribution in [0.25, 0.3) is 6.08 Å². The minimum atomic E-state index is -1.39. The zero-order valence-corrected chi connectivity index (χ0v) is 23.8. The van der Waals surface area contributed by atoms with Crippen molar-refractivity contribution in [3.05, 3.63) is 149 Å². The van der Waals surface area contributed by atoms with Crippen LogP contribution in [0.2, 0.25) is 5.02 Å². The van der Waals surface area contributed by atoms with Gasteiger partial charge in [0.25, 0.3) is 0 Å². The highest BCUT2D eigenvalue weighted by Crippen LogP contribution is 2.62. The van der Waals surface area contributed by atoms with Gasteiger partial charge in [-0.1, -0.05) is 66.7 Å². The van der Waals surface area contributed by atoms with Crippen LogP contribution in [0.3, 0.4) is 0 Å². The normalized spacial score (nSPS) is 22.9. The molecule has 1 saturated heterocycles. The van der Waals surface area contributed by atoms with Gasteiger partial charge in [0.2, 0.25) is 5.91 Å². The second kappa shape index (κ2) is 10.4. The summed E-state index contributed by atoms with van der Waals surface area (Å²) in [5.41, 5.74) is 2.58. The maximum absolute atomic E-state index is 14.9. The number of amides is 1. The van der Waals surface area contributed by atoms with E-state index < -0.39 is 23.4 Å². The van der Waals surface area contributed by atoms with E-state index in [2.05, 4.69) is 11.9 Å². The number of hydrogen-bond acceptors (Lipinski definition) is 5. The van der Waals surface area contributed by atoms with Gasteiger partial charge in [-0.2, -0.15) is 0 Å². The molecule has 7 heteroatoms. The molecule has 43 heavy (non-hydrogen) atoms. The van der Waals surface area contributed by atoms with Crippen molar-refractivity contribution in [2.45, 2.75) is 17.5 Å². The van der Waals surface area contributed by atoms with E-state index in [1.54, 1.807) is 54.6 Å². The maximum Gasteiger partial charge on any atom is 0.238 e. The fourth-order valence-corrected chi connectivity index (χ4v) is 7.13. The van der Waals surface area contributed by atoms with Crippen molar-refractivity contribution in [1.82, 2.24) is 4.90 Å². The molecule has 3 aliphatic rings. The van der Waals surface area contributed by atoms with Crippen molar-refractivity contribution in [1.29, 1.82) is 0 Å². The summed E-state index contributed by atoms with van der Waals surface area (Å²) in [6, 6.07) is 27.2. The van der Waals surface area contributed by atoms with E-state index in [0.717, 1.165) is 11.1 Å². The van der Waals surface area contributed by atoms with Crippen LogP contribution >= 0.6 is 11.6 Å². The average molecular weight is 587 g/mol. The third-order valence-electron chi connectivity index (χ3n) is 8.76. The van der Waals surface area contributed by atoms with Crippen LogP contribution in [0, 0.1) is 5.92 Å². The summed E-state index contributed by atoms with van der Waals surface area (Å²) in [7, 11) is 0. The zero-order chi connectivity index (χ0) is 29.7. The number of carbonyl (C=O) groups is 3. The molecule has 3 aliphatic heterocycles. The number of para-hydroxylation sites is 1. The predicted molar refractivity (Wildman–Crippen MR) is 166 cm³/mol. The number of halogens is 1. The van der Waals surface area contributed by atoms with Gasteiger partial charge in [0.1, 0.15) is 23.8 Å². The quantitative estimate of drug-likeness (QED) is 0.189. The van der Waals surface area contributed by atoms with Gasteiger partial charge in [-0.05, 0) is 77.4 Å². The molecule has 0 bridgehead atoms. The fraction of sp³-hybridized carbons (Fsp3) is 0.139. The summed E-state index contributed by atoms with van der Waals surface area (Å²) in [5.74, 6) is -1.33. The van der Waals surface area contributed by atoms with Crippen LogP contribution in [-0.4, -0.2) is 35.0 Å². The lowest BCUT2D eigenvalue weighted by molar-refractivity contribution is -0.122. The Hall–Kier alpha value is -4.94. The molecule has 4 atom stereocenters. The summed E-state index contributed by atoms with van der Waals surface area (Å²) >= 11 is 6.16. The number of nitrogens with zero attached hydrogens (tertiary/aromatic N) is 1. The van der Waals surface area contributed by atoms with Gasteiger partial charge in [0, 0.05) is 28.0 Å². The predicted octanol–water partition coefficient (Wildman–Crippen LogP) is 6.89. The third-order valence-corrected chi connectivity index (χ3v) is 9.01. The molecule has 6 nitrogen and oxygen atoms in total. The standard InChI is InChI=1S/C36H27ClN2O4/c1-2-21-43-26-17-13-23(14-18-26)32(40)30-31(33(41)24-11-15-25(37)16-12-24)39-20-19-22-7-3-4-8-27(22)34(39)36(30)28-9-5-6-10-29(28)38-35(36)42/h2-20,30-31,34H,1,21H2,(H,38,42)/t30-,31+,34-,36+/m0/s1. The molecule has 0 saturated carbocycles. The van der Waals surface area contributed by atoms with E-state index in [9.17, 15) is 14.4 Å². The molecule has 0 aromatic heterocycles. The number of benzene rings is 4. The molecular weight excluding hydrogens is 560 g/mol. The molecule has 7 rings (SSSR count). The first kappa shape index (κ1) is 26.9. The average Bonchev–Trinajstić information content (AvgIpc) is 3.52. The topological polar surface area (TPSA) is 75.7 Å². The summed E-state index contributed by atoms with van der Waals surface area (Å²) in [4.78, 5) is 45.9. The monoisotopic (exact) mass is 586 g/mol. The molecule has 0 unspecified atom stereocenters.